The number of nitrogens with zero attached hydrogens (tertiary/aromatic N) is 5. The van der Waals surface area contributed by atoms with E-state index in [2.05, 4.69) is 5.10 Å². The van der Waals surface area contributed by atoms with E-state index in [0.29, 0.717) is 28.6 Å². The molecule has 0 N–H and O–H groups in total. The summed E-state index contributed by atoms with van der Waals surface area (Å²) in [7, 11) is 0. The van der Waals surface area contributed by atoms with Gasteiger partial charge in [-0.15, -0.1) is 12.4 Å². The highest BCUT2D eigenvalue weighted by Crippen LogP contribution is 2.20. The number of halogens is 2. The molecule has 8 heteroatoms. The number of aromatic nitrogens is 3. The summed E-state index contributed by atoms with van der Waals surface area (Å²) in [6, 6.07) is 5.58. The number of anilines is 1. The lowest BCUT2D eigenvalue weighted by Gasteiger charge is -2.36. The number of hydrogen-bond acceptors (Lipinski definition) is 4. The highest BCUT2D eigenvalue weighted by molar-refractivity contribution is 6.30. The van der Waals surface area contributed by atoms with E-state index < -0.39 is 26.0 Å². The first kappa shape index (κ1) is 12.9. The summed E-state index contributed by atoms with van der Waals surface area (Å²) in [5.74, 6) is 0.598. The van der Waals surface area contributed by atoms with Crippen molar-refractivity contribution in [3.63, 3.8) is 0 Å². The third-order valence-corrected chi connectivity index (χ3v) is 4.28. The Bertz CT molecular complexity index is 1080. The fourth-order valence-electron chi connectivity index (χ4n) is 2.72. The smallest absolute Gasteiger partial charge is 0.345 e. The molecule has 1 fully saturated rings. The standard InChI is InChI=1S/C19H28ClN5O.ClH/c1-3-18-21-25(19(26)24(18)4-2)10-6-9-22-11-13-23(14-12-22)17-8-5-7-16(20)15-17;/h5,7-8,15H,3-4,6,9-14H2,1-2H3;1H/i11D2,12D2,13D2,14D2;. The van der Waals surface area contributed by atoms with Crippen LogP contribution in [0.25, 0.3) is 0 Å². The average molecular weight is 422 g/mol. The van der Waals surface area contributed by atoms with Gasteiger partial charge in [0.15, 0.2) is 0 Å². The Balaban J connectivity index is 0.00000432. The highest BCUT2D eigenvalue weighted by atomic mass is 35.5. The van der Waals surface area contributed by atoms with Gasteiger partial charge in [0.25, 0.3) is 0 Å². The van der Waals surface area contributed by atoms with Crippen LogP contribution in [-0.2, 0) is 19.5 Å². The number of rotatable bonds is 7. The van der Waals surface area contributed by atoms with Crippen molar-refractivity contribution in [1.82, 2.24) is 19.2 Å². The van der Waals surface area contributed by atoms with Gasteiger partial charge >= 0.3 is 5.69 Å². The fourth-order valence-corrected chi connectivity index (χ4v) is 2.91. The second kappa shape index (κ2) is 10.2. The predicted octanol–water partition coefficient (Wildman–Crippen LogP) is 2.91. The summed E-state index contributed by atoms with van der Waals surface area (Å²) in [6.07, 6.45) is 0.596. The molecule has 1 aliphatic heterocycles. The maximum Gasteiger partial charge on any atom is 0.345 e. The molecule has 2 aromatic rings. The molecule has 0 spiro atoms. The summed E-state index contributed by atoms with van der Waals surface area (Å²) < 4.78 is 70.9. The van der Waals surface area contributed by atoms with Crippen molar-refractivity contribution >= 4 is 29.7 Å². The van der Waals surface area contributed by atoms with Gasteiger partial charge in [-0.05, 0) is 31.5 Å². The Morgan fingerprint density at radius 2 is 1.93 bits per heavy atom. The second-order valence-electron chi connectivity index (χ2n) is 5.79. The molecule has 1 aromatic heterocycles. The Labute approximate surface area is 183 Å². The quantitative estimate of drug-likeness (QED) is 0.689. The molecule has 0 saturated carbocycles. The number of hydrogen-bond donors (Lipinski definition) is 0. The van der Waals surface area contributed by atoms with Crippen LogP contribution in [0.4, 0.5) is 5.69 Å². The summed E-state index contributed by atoms with van der Waals surface area (Å²) in [6.45, 7) is -7.99. The van der Waals surface area contributed by atoms with Gasteiger partial charge in [0.2, 0.25) is 0 Å². The molecule has 0 unspecified atom stereocenters. The normalized spacial score (nSPS) is 26.9. The molecular weight excluding hydrogens is 385 g/mol. The molecule has 0 amide bonds. The van der Waals surface area contributed by atoms with E-state index in [1.807, 2.05) is 13.8 Å². The van der Waals surface area contributed by atoms with E-state index in [1.165, 1.54) is 33.5 Å². The van der Waals surface area contributed by atoms with Crippen molar-refractivity contribution < 1.29 is 11.0 Å². The third-order valence-electron chi connectivity index (χ3n) is 4.04. The molecule has 1 aliphatic rings. The molecule has 0 bridgehead atoms. The van der Waals surface area contributed by atoms with Crippen LogP contribution in [0.2, 0.25) is 5.02 Å². The monoisotopic (exact) mass is 421 g/mol. The van der Waals surface area contributed by atoms with Gasteiger partial charge in [-0.25, -0.2) is 9.48 Å². The van der Waals surface area contributed by atoms with Crippen molar-refractivity contribution in [2.45, 2.75) is 39.8 Å². The molecule has 0 atom stereocenters. The van der Waals surface area contributed by atoms with Crippen molar-refractivity contribution in [3.8, 4) is 0 Å². The molecule has 6 nitrogen and oxygen atoms in total. The summed E-state index contributed by atoms with van der Waals surface area (Å²) >= 11 is 5.99. The maximum absolute atomic E-state index is 12.5. The van der Waals surface area contributed by atoms with Gasteiger partial charge in [0.1, 0.15) is 5.82 Å². The van der Waals surface area contributed by atoms with Crippen LogP contribution >= 0.6 is 24.0 Å². The van der Waals surface area contributed by atoms with Crippen LogP contribution in [0.5, 0.6) is 0 Å². The van der Waals surface area contributed by atoms with E-state index in [0.717, 1.165) is 0 Å². The average Bonchev–Trinajstić information content (AvgIpc) is 3.04. The lowest BCUT2D eigenvalue weighted by atomic mass is 10.2. The number of aryl methyl sites for hydroxylation is 2. The topological polar surface area (TPSA) is 46.3 Å². The number of benzene rings is 1. The first-order valence-corrected chi connectivity index (χ1v) is 9.02. The molecule has 3 rings (SSSR count). The van der Waals surface area contributed by atoms with Crippen LogP contribution in [0.15, 0.2) is 29.1 Å². The number of piperazine rings is 1. The predicted molar refractivity (Wildman–Crippen MR) is 114 cm³/mol. The zero-order valence-corrected chi connectivity index (χ0v) is 16.8. The zero-order valence-electron chi connectivity index (χ0n) is 23.3. The Morgan fingerprint density at radius 3 is 2.52 bits per heavy atom. The SMILES string of the molecule is Cl.[2H]C1([2H])N(CCCn2nc(CC)n(CC)c2=O)C([2H])([2H])C([2H])([2H])N(c2cccc(Cl)c2)C1([2H])[2H]. The van der Waals surface area contributed by atoms with Crippen molar-refractivity contribution in [2.75, 3.05) is 37.4 Å². The summed E-state index contributed by atoms with van der Waals surface area (Å²) in [4.78, 5) is 13.5. The van der Waals surface area contributed by atoms with Crippen molar-refractivity contribution in [1.29, 1.82) is 0 Å². The minimum Gasteiger partial charge on any atom is -0.369 e. The van der Waals surface area contributed by atoms with Crippen molar-refractivity contribution in [2.24, 2.45) is 0 Å². The molecule has 0 radical (unpaired) electrons. The lowest BCUT2D eigenvalue weighted by molar-refractivity contribution is 0.248. The van der Waals surface area contributed by atoms with Crippen LogP contribution in [0.1, 0.15) is 37.1 Å². The van der Waals surface area contributed by atoms with Gasteiger partial charge in [-0.3, -0.25) is 9.47 Å². The molecule has 1 saturated heterocycles. The first-order valence-electron chi connectivity index (χ1n) is 12.6. The Hall–Kier alpha value is -1.50. The van der Waals surface area contributed by atoms with Gasteiger partial charge in [-0.2, -0.15) is 5.10 Å². The van der Waals surface area contributed by atoms with E-state index in [-0.39, 0.29) is 48.3 Å². The van der Waals surface area contributed by atoms with Gasteiger partial charge in [0.05, 0.1) is 5.48 Å². The molecule has 1 aromatic carbocycles. The van der Waals surface area contributed by atoms with Gasteiger partial charge in [0, 0.05) is 68.2 Å². The van der Waals surface area contributed by atoms with E-state index in [4.69, 9.17) is 22.6 Å². The zero-order chi connectivity index (χ0) is 25.7. The fraction of sp³-hybridized carbons (Fsp3) is 0.579. The van der Waals surface area contributed by atoms with Crippen LogP contribution < -0.4 is 10.6 Å². The summed E-state index contributed by atoms with van der Waals surface area (Å²) in [5.41, 5.74) is -0.416. The molecular formula is C19H29Cl2N5O. The minimum absolute atomic E-state index is 0. The van der Waals surface area contributed by atoms with Gasteiger partial charge < -0.3 is 4.90 Å². The Morgan fingerprint density at radius 1 is 1.19 bits per heavy atom. The molecule has 0 aliphatic carbocycles. The summed E-state index contributed by atoms with van der Waals surface area (Å²) in [5, 5.41) is 4.44. The molecule has 27 heavy (non-hydrogen) atoms. The molecule has 150 valence electrons. The lowest BCUT2D eigenvalue weighted by Crippen LogP contribution is -2.46. The Kier molecular flexibility index (Phi) is 4.84. The third kappa shape index (κ3) is 5.27. The van der Waals surface area contributed by atoms with Crippen LogP contribution in [0, 0.1) is 0 Å². The molecule has 2 heterocycles. The van der Waals surface area contributed by atoms with E-state index >= 15 is 0 Å². The van der Waals surface area contributed by atoms with E-state index in [9.17, 15) is 4.79 Å². The van der Waals surface area contributed by atoms with Crippen LogP contribution in [-0.4, -0.2) is 51.8 Å². The van der Waals surface area contributed by atoms with E-state index in [1.54, 1.807) is 0 Å². The van der Waals surface area contributed by atoms with Crippen LogP contribution in [0.3, 0.4) is 0 Å². The first-order chi connectivity index (χ1) is 15.6. The maximum atomic E-state index is 12.5. The highest BCUT2D eigenvalue weighted by Gasteiger charge is 2.17. The van der Waals surface area contributed by atoms with Gasteiger partial charge in [-0.1, -0.05) is 24.6 Å². The van der Waals surface area contributed by atoms with Crippen molar-refractivity contribution in [3.05, 3.63) is 45.6 Å². The largest absolute Gasteiger partial charge is 0.369 e. The minimum atomic E-state index is -2.97. The second-order valence-corrected chi connectivity index (χ2v) is 6.22.